The Labute approximate surface area is 177 Å². The number of aromatic nitrogens is 1. The second kappa shape index (κ2) is 9.75. The first-order valence-corrected chi connectivity index (χ1v) is 9.12. The van der Waals surface area contributed by atoms with Crippen LogP contribution in [0.2, 0.25) is 0 Å². The molecule has 0 saturated carbocycles. The highest BCUT2D eigenvalue weighted by molar-refractivity contribution is 6.04. The van der Waals surface area contributed by atoms with Crippen molar-refractivity contribution in [3.8, 4) is 28.9 Å². The first-order chi connectivity index (χ1) is 14.9. The van der Waals surface area contributed by atoms with E-state index in [-0.39, 0.29) is 17.1 Å². The molecule has 3 aromatic rings. The molecule has 7 nitrogen and oxygen atoms in total. The second-order valence-corrected chi connectivity index (χ2v) is 6.34. The summed E-state index contributed by atoms with van der Waals surface area (Å²) in [6.45, 7) is -1.11. The quantitative estimate of drug-likeness (QED) is 0.539. The zero-order chi connectivity index (χ0) is 22.4. The molecule has 0 aliphatic rings. The van der Waals surface area contributed by atoms with Crippen molar-refractivity contribution < 1.29 is 32.5 Å². The van der Waals surface area contributed by atoms with Crippen molar-refractivity contribution in [2.24, 2.45) is 0 Å². The number of ether oxygens (including phenoxy) is 4. The summed E-state index contributed by atoms with van der Waals surface area (Å²) in [5, 5.41) is 2.63. The van der Waals surface area contributed by atoms with Crippen LogP contribution in [-0.2, 0) is 0 Å². The zero-order valence-corrected chi connectivity index (χ0v) is 17.0. The number of halogens is 2. The largest absolute Gasteiger partial charge is 0.493 e. The third-order valence-corrected chi connectivity index (χ3v) is 4.17. The Hall–Kier alpha value is -3.88. The van der Waals surface area contributed by atoms with Crippen LogP contribution in [0.15, 0.2) is 54.7 Å². The van der Waals surface area contributed by atoms with Gasteiger partial charge in [0, 0.05) is 11.6 Å². The highest BCUT2D eigenvalue weighted by atomic mass is 19.3. The number of nitrogens with one attached hydrogen (secondary N) is 1. The molecule has 1 amide bonds. The van der Waals surface area contributed by atoms with Crippen molar-refractivity contribution in [2.75, 3.05) is 19.5 Å². The van der Waals surface area contributed by atoms with Gasteiger partial charge in [-0.15, -0.1) is 0 Å². The standard InChI is InChI=1S/C22H20F2N2O5/c1-13-4-7-17(18(10-13)29-3)30-20-9-6-15(12-25-20)26-21(27)14-5-8-16(28-2)19(11-14)31-22(23)24/h4-12,22H,1-3H3,(H,26,27). The number of anilines is 1. The van der Waals surface area contributed by atoms with E-state index in [1.165, 1.54) is 31.5 Å². The van der Waals surface area contributed by atoms with Crippen molar-refractivity contribution >= 4 is 11.6 Å². The number of nitrogens with zero attached hydrogens (tertiary/aromatic N) is 1. The number of hydrogen-bond acceptors (Lipinski definition) is 6. The van der Waals surface area contributed by atoms with Gasteiger partial charge in [-0.1, -0.05) is 6.07 Å². The Balaban J connectivity index is 1.70. The van der Waals surface area contributed by atoms with Gasteiger partial charge >= 0.3 is 6.61 Å². The minimum Gasteiger partial charge on any atom is -0.493 e. The number of amides is 1. The minimum absolute atomic E-state index is 0.0894. The number of aryl methyl sites for hydroxylation is 1. The van der Waals surface area contributed by atoms with Crippen molar-refractivity contribution in [1.82, 2.24) is 4.98 Å². The molecule has 1 heterocycles. The summed E-state index contributed by atoms with van der Waals surface area (Å²) in [7, 11) is 2.86. The number of hydrogen-bond donors (Lipinski definition) is 1. The molecule has 0 aliphatic heterocycles. The molecule has 0 radical (unpaired) electrons. The molecule has 162 valence electrons. The van der Waals surface area contributed by atoms with Gasteiger partial charge in [0.15, 0.2) is 23.0 Å². The third kappa shape index (κ3) is 5.59. The molecular weight excluding hydrogens is 410 g/mol. The lowest BCUT2D eigenvalue weighted by molar-refractivity contribution is -0.0512. The summed E-state index contributed by atoms with van der Waals surface area (Å²) in [4.78, 5) is 16.6. The van der Waals surface area contributed by atoms with Crippen molar-refractivity contribution in [3.63, 3.8) is 0 Å². The van der Waals surface area contributed by atoms with Gasteiger partial charge in [-0.3, -0.25) is 4.79 Å². The smallest absolute Gasteiger partial charge is 0.387 e. The Morgan fingerprint density at radius 2 is 1.68 bits per heavy atom. The predicted molar refractivity (Wildman–Crippen MR) is 110 cm³/mol. The van der Waals surface area contributed by atoms with Crippen molar-refractivity contribution in [1.29, 1.82) is 0 Å². The SMILES string of the molecule is COc1cc(C)ccc1Oc1ccc(NC(=O)c2ccc(OC)c(OC(F)F)c2)cn1. The van der Waals surface area contributed by atoms with Crippen LogP contribution < -0.4 is 24.3 Å². The summed E-state index contributed by atoms with van der Waals surface area (Å²) >= 11 is 0. The number of pyridine rings is 1. The van der Waals surface area contributed by atoms with Crippen LogP contribution in [0.5, 0.6) is 28.9 Å². The Kier molecular flexibility index (Phi) is 6.86. The molecule has 0 spiro atoms. The first kappa shape index (κ1) is 21.8. The summed E-state index contributed by atoms with van der Waals surface area (Å²) in [6.07, 6.45) is 1.41. The van der Waals surface area contributed by atoms with Gasteiger partial charge in [-0.05, 0) is 48.9 Å². The maximum Gasteiger partial charge on any atom is 0.387 e. The van der Waals surface area contributed by atoms with Gasteiger partial charge in [0.05, 0.1) is 26.1 Å². The minimum atomic E-state index is -3.05. The molecule has 9 heteroatoms. The Morgan fingerprint density at radius 1 is 0.935 bits per heavy atom. The third-order valence-electron chi connectivity index (χ3n) is 4.17. The van der Waals surface area contributed by atoms with E-state index in [1.807, 2.05) is 19.1 Å². The lowest BCUT2D eigenvalue weighted by Gasteiger charge is -2.12. The number of carbonyl (C=O) groups excluding carboxylic acids is 1. The maximum atomic E-state index is 12.6. The van der Waals surface area contributed by atoms with E-state index in [2.05, 4.69) is 15.0 Å². The molecule has 0 unspecified atom stereocenters. The molecule has 0 atom stereocenters. The Bertz CT molecular complexity index is 1060. The van der Waals surface area contributed by atoms with Crippen LogP contribution in [-0.4, -0.2) is 31.7 Å². The molecule has 2 aromatic carbocycles. The molecule has 1 N–H and O–H groups in total. The lowest BCUT2D eigenvalue weighted by Crippen LogP contribution is -2.13. The van der Waals surface area contributed by atoms with Crippen LogP contribution in [0.4, 0.5) is 14.5 Å². The highest BCUT2D eigenvalue weighted by Gasteiger charge is 2.15. The number of benzene rings is 2. The maximum absolute atomic E-state index is 12.6. The molecule has 0 fully saturated rings. The average molecular weight is 430 g/mol. The number of carbonyl (C=O) groups is 1. The van der Waals surface area contributed by atoms with Crippen molar-refractivity contribution in [2.45, 2.75) is 13.5 Å². The van der Waals surface area contributed by atoms with Crippen LogP contribution in [0, 0.1) is 6.92 Å². The molecule has 0 bridgehead atoms. The normalized spacial score (nSPS) is 10.5. The molecule has 31 heavy (non-hydrogen) atoms. The topological polar surface area (TPSA) is 78.9 Å². The number of alkyl halides is 2. The number of methoxy groups -OCH3 is 2. The van der Waals surface area contributed by atoms with E-state index in [0.717, 1.165) is 5.56 Å². The molecule has 3 rings (SSSR count). The summed E-state index contributed by atoms with van der Waals surface area (Å²) < 4.78 is 45.5. The van der Waals surface area contributed by atoms with Crippen LogP contribution in [0.3, 0.4) is 0 Å². The van der Waals surface area contributed by atoms with E-state index in [9.17, 15) is 13.6 Å². The molecular formula is C22H20F2N2O5. The summed E-state index contributed by atoms with van der Waals surface area (Å²) in [5.41, 5.74) is 1.53. The Morgan fingerprint density at radius 3 is 2.32 bits per heavy atom. The number of rotatable bonds is 8. The monoisotopic (exact) mass is 430 g/mol. The first-order valence-electron chi connectivity index (χ1n) is 9.12. The molecule has 1 aromatic heterocycles. The van der Waals surface area contributed by atoms with Crippen LogP contribution in [0.25, 0.3) is 0 Å². The van der Waals surface area contributed by atoms with Gasteiger partial charge in [0.25, 0.3) is 5.91 Å². The summed E-state index contributed by atoms with van der Waals surface area (Å²) in [6, 6.07) is 12.6. The zero-order valence-electron chi connectivity index (χ0n) is 17.0. The lowest BCUT2D eigenvalue weighted by atomic mass is 10.2. The van der Waals surface area contributed by atoms with Gasteiger partial charge in [0.2, 0.25) is 5.88 Å². The van der Waals surface area contributed by atoms with E-state index < -0.39 is 12.5 Å². The van der Waals surface area contributed by atoms with E-state index in [0.29, 0.717) is 23.1 Å². The fraction of sp³-hybridized carbons (Fsp3) is 0.182. The van der Waals surface area contributed by atoms with Gasteiger partial charge < -0.3 is 24.3 Å². The predicted octanol–water partition coefficient (Wildman–Crippen LogP) is 5.05. The second-order valence-electron chi connectivity index (χ2n) is 6.34. The van der Waals surface area contributed by atoms with Crippen molar-refractivity contribution in [3.05, 3.63) is 65.9 Å². The van der Waals surface area contributed by atoms with Gasteiger partial charge in [0.1, 0.15) is 0 Å². The highest BCUT2D eigenvalue weighted by Crippen LogP contribution is 2.32. The fourth-order valence-electron chi connectivity index (χ4n) is 2.70. The fourth-order valence-corrected chi connectivity index (χ4v) is 2.70. The van der Waals surface area contributed by atoms with Crippen LogP contribution >= 0.6 is 0 Å². The van der Waals surface area contributed by atoms with E-state index in [4.69, 9.17) is 14.2 Å². The van der Waals surface area contributed by atoms with E-state index >= 15 is 0 Å². The summed E-state index contributed by atoms with van der Waals surface area (Å²) in [5.74, 6) is 0.697. The van der Waals surface area contributed by atoms with Gasteiger partial charge in [-0.25, -0.2) is 4.98 Å². The van der Waals surface area contributed by atoms with E-state index in [1.54, 1.807) is 25.3 Å². The van der Waals surface area contributed by atoms with Crippen LogP contribution in [0.1, 0.15) is 15.9 Å². The molecule has 0 aliphatic carbocycles. The molecule has 0 saturated heterocycles. The van der Waals surface area contributed by atoms with Gasteiger partial charge in [-0.2, -0.15) is 8.78 Å². The average Bonchev–Trinajstić information content (AvgIpc) is 2.75.